The lowest BCUT2D eigenvalue weighted by Crippen LogP contribution is -1.99. The van der Waals surface area contributed by atoms with Crippen molar-refractivity contribution in [2.45, 2.75) is 20.4 Å². The van der Waals surface area contributed by atoms with Crippen LogP contribution in [0.1, 0.15) is 16.8 Å². The Hall–Kier alpha value is -1.57. The summed E-state index contributed by atoms with van der Waals surface area (Å²) in [6, 6.07) is 10.4. The van der Waals surface area contributed by atoms with Gasteiger partial charge in [0.25, 0.3) is 0 Å². The van der Waals surface area contributed by atoms with Crippen molar-refractivity contribution in [2.24, 2.45) is 0 Å². The number of benzene rings is 1. The lowest BCUT2D eigenvalue weighted by atomic mass is 10.2. The standard InChI is InChI=1S/C12H14N2/c1-10-8-14(13-11(10)2)9-12-6-4-3-5-7-12/h3-8H,9H2,1-2H3. The first-order valence-corrected chi connectivity index (χ1v) is 4.80. The normalized spacial score (nSPS) is 10.4. The van der Waals surface area contributed by atoms with Crippen molar-refractivity contribution >= 4 is 0 Å². The van der Waals surface area contributed by atoms with Crippen LogP contribution in [0.3, 0.4) is 0 Å². The summed E-state index contributed by atoms with van der Waals surface area (Å²) >= 11 is 0. The summed E-state index contributed by atoms with van der Waals surface area (Å²) in [4.78, 5) is 0. The molecule has 0 spiro atoms. The van der Waals surface area contributed by atoms with Gasteiger partial charge in [-0.2, -0.15) is 5.10 Å². The van der Waals surface area contributed by atoms with Gasteiger partial charge in [0.15, 0.2) is 0 Å². The number of hydrogen-bond donors (Lipinski definition) is 0. The predicted octanol–water partition coefficient (Wildman–Crippen LogP) is 2.55. The summed E-state index contributed by atoms with van der Waals surface area (Å²) in [5.74, 6) is 0. The molecule has 0 radical (unpaired) electrons. The van der Waals surface area contributed by atoms with Gasteiger partial charge in [-0.15, -0.1) is 0 Å². The topological polar surface area (TPSA) is 17.8 Å². The van der Waals surface area contributed by atoms with E-state index in [0.717, 1.165) is 12.2 Å². The molecular formula is C12H14N2. The van der Waals surface area contributed by atoms with Crippen molar-refractivity contribution in [1.82, 2.24) is 9.78 Å². The van der Waals surface area contributed by atoms with Crippen molar-refractivity contribution < 1.29 is 0 Å². The molecule has 2 nitrogen and oxygen atoms in total. The molecule has 0 aliphatic rings. The monoisotopic (exact) mass is 186 g/mol. The number of aromatic nitrogens is 2. The third-order valence-corrected chi connectivity index (χ3v) is 2.38. The van der Waals surface area contributed by atoms with Crippen LogP contribution in [0.2, 0.25) is 0 Å². The molecule has 0 bridgehead atoms. The lowest BCUT2D eigenvalue weighted by Gasteiger charge is -2.00. The van der Waals surface area contributed by atoms with Gasteiger partial charge in [-0.3, -0.25) is 4.68 Å². The van der Waals surface area contributed by atoms with Gasteiger partial charge in [0.05, 0.1) is 12.2 Å². The maximum atomic E-state index is 4.42. The van der Waals surface area contributed by atoms with Crippen LogP contribution in [0.5, 0.6) is 0 Å². The molecule has 1 heterocycles. The second-order valence-electron chi connectivity index (χ2n) is 3.58. The Labute approximate surface area is 84.2 Å². The summed E-state index contributed by atoms with van der Waals surface area (Å²) < 4.78 is 1.99. The summed E-state index contributed by atoms with van der Waals surface area (Å²) in [5.41, 5.74) is 3.65. The smallest absolute Gasteiger partial charge is 0.0659 e. The van der Waals surface area contributed by atoms with Gasteiger partial charge < -0.3 is 0 Å². The van der Waals surface area contributed by atoms with Crippen molar-refractivity contribution in [3.05, 3.63) is 53.3 Å². The highest BCUT2D eigenvalue weighted by Crippen LogP contribution is 2.06. The van der Waals surface area contributed by atoms with Crippen LogP contribution in [-0.2, 0) is 6.54 Å². The Balaban J connectivity index is 2.19. The van der Waals surface area contributed by atoms with Gasteiger partial charge in [0.2, 0.25) is 0 Å². The molecule has 2 heteroatoms. The van der Waals surface area contributed by atoms with Gasteiger partial charge in [0, 0.05) is 6.20 Å². The Morgan fingerprint density at radius 2 is 1.86 bits per heavy atom. The minimum Gasteiger partial charge on any atom is -0.268 e. The second-order valence-corrected chi connectivity index (χ2v) is 3.58. The highest BCUT2D eigenvalue weighted by Gasteiger charge is 1.99. The maximum Gasteiger partial charge on any atom is 0.0659 e. The first-order valence-electron chi connectivity index (χ1n) is 4.80. The molecule has 0 aliphatic heterocycles. The van der Waals surface area contributed by atoms with Crippen molar-refractivity contribution in [1.29, 1.82) is 0 Å². The third kappa shape index (κ3) is 1.84. The van der Waals surface area contributed by atoms with Crippen LogP contribution in [0.4, 0.5) is 0 Å². The second kappa shape index (κ2) is 3.66. The van der Waals surface area contributed by atoms with E-state index in [1.807, 2.05) is 17.7 Å². The van der Waals surface area contributed by atoms with E-state index < -0.39 is 0 Å². The summed E-state index contributed by atoms with van der Waals surface area (Å²) in [6.07, 6.45) is 2.09. The van der Waals surface area contributed by atoms with Crippen molar-refractivity contribution in [2.75, 3.05) is 0 Å². The first kappa shape index (κ1) is 9.00. The average molecular weight is 186 g/mol. The fraction of sp³-hybridized carbons (Fsp3) is 0.250. The zero-order valence-corrected chi connectivity index (χ0v) is 8.57. The van der Waals surface area contributed by atoms with Gasteiger partial charge in [-0.05, 0) is 25.0 Å². The van der Waals surface area contributed by atoms with Crippen LogP contribution in [-0.4, -0.2) is 9.78 Å². The van der Waals surface area contributed by atoms with E-state index in [-0.39, 0.29) is 0 Å². The molecule has 0 fully saturated rings. The molecule has 1 aromatic carbocycles. The van der Waals surface area contributed by atoms with Crippen LogP contribution < -0.4 is 0 Å². The zero-order chi connectivity index (χ0) is 9.97. The fourth-order valence-electron chi connectivity index (χ4n) is 1.47. The van der Waals surface area contributed by atoms with Crippen LogP contribution >= 0.6 is 0 Å². The molecule has 0 atom stereocenters. The van der Waals surface area contributed by atoms with Crippen LogP contribution in [0, 0.1) is 13.8 Å². The van der Waals surface area contributed by atoms with Gasteiger partial charge in [0.1, 0.15) is 0 Å². The predicted molar refractivity (Wildman–Crippen MR) is 57.2 cm³/mol. The van der Waals surface area contributed by atoms with E-state index in [1.165, 1.54) is 11.1 Å². The van der Waals surface area contributed by atoms with E-state index >= 15 is 0 Å². The van der Waals surface area contributed by atoms with E-state index in [9.17, 15) is 0 Å². The van der Waals surface area contributed by atoms with Crippen molar-refractivity contribution in [3.63, 3.8) is 0 Å². The number of aryl methyl sites for hydroxylation is 2. The molecular weight excluding hydrogens is 172 g/mol. The molecule has 0 saturated heterocycles. The Kier molecular flexibility index (Phi) is 2.35. The van der Waals surface area contributed by atoms with Crippen LogP contribution in [0.15, 0.2) is 36.5 Å². The van der Waals surface area contributed by atoms with Gasteiger partial charge in [-0.25, -0.2) is 0 Å². The molecule has 0 saturated carbocycles. The molecule has 0 aliphatic carbocycles. The highest BCUT2D eigenvalue weighted by atomic mass is 15.3. The Morgan fingerprint density at radius 3 is 2.43 bits per heavy atom. The van der Waals surface area contributed by atoms with Gasteiger partial charge in [-0.1, -0.05) is 30.3 Å². The van der Waals surface area contributed by atoms with Gasteiger partial charge >= 0.3 is 0 Å². The summed E-state index contributed by atoms with van der Waals surface area (Å²) in [6.45, 7) is 4.98. The highest BCUT2D eigenvalue weighted by molar-refractivity contribution is 5.17. The minimum absolute atomic E-state index is 0.857. The molecule has 14 heavy (non-hydrogen) atoms. The number of hydrogen-bond acceptors (Lipinski definition) is 1. The SMILES string of the molecule is Cc1cn(Cc2ccccc2)nc1C. The quantitative estimate of drug-likeness (QED) is 0.704. The zero-order valence-electron chi connectivity index (χ0n) is 8.57. The Bertz CT molecular complexity index is 396. The van der Waals surface area contributed by atoms with Crippen molar-refractivity contribution in [3.8, 4) is 0 Å². The van der Waals surface area contributed by atoms with E-state index in [4.69, 9.17) is 0 Å². The molecule has 2 rings (SSSR count). The van der Waals surface area contributed by atoms with E-state index in [2.05, 4.69) is 42.5 Å². The fourth-order valence-corrected chi connectivity index (χ4v) is 1.47. The molecule has 0 amide bonds. The van der Waals surface area contributed by atoms with Crippen LogP contribution in [0.25, 0.3) is 0 Å². The summed E-state index contributed by atoms with van der Waals surface area (Å²) in [5, 5.41) is 4.42. The number of nitrogens with zero attached hydrogens (tertiary/aromatic N) is 2. The number of rotatable bonds is 2. The minimum atomic E-state index is 0.857. The molecule has 2 aromatic rings. The Morgan fingerprint density at radius 1 is 1.14 bits per heavy atom. The molecule has 1 aromatic heterocycles. The van der Waals surface area contributed by atoms with E-state index in [0.29, 0.717) is 0 Å². The molecule has 72 valence electrons. The average Bonchev–Trinajstić information content (AvgIpc) is 2.47. The molecule has 0 unspecified atom stereocenters. The maximum absolute atomic E-state index is 4.42. The molecule has 0 N–H and O–H groups in total. The van der Waals surface area contributed by atoms with E-state index in [1.54, 1.807) is 0 Å². The summed E-state index contributed by atoms with van der Waals surface area (Å²) in [7, 11) is 0. The first-order chi connectivity index (χ1) is 6.75. The lowest BCUT2D eigenvalue weighted by molar-refractivity contribution is 0.679. The third-order valence-electron chi connectivity index (χ3n) is 2.38. The largest absolute Gasteiger partial charge is 0.268 e.